The summed E-state index contributed by atoms with van der Waals surface area (Å²) in [7, 11) is 0. The zero-order valence-electron chi connectivity index (χ0n) is 12.5. The Balaban J connectivity index is 2.85. The van der Waals surface area contributed by atoms with E-state index in [4.69, 9.17) is 5.73 Å². The predicted molar refractivity (Wildman–Crippen MR) is 79.8 cm³/mol. The first kappa shape index (κ1) is 15.7. The molecule has 0 aliphatic heterocycles. The molecule has 1 rings (SSSR count). The number of rotatable bonds is 6. The maximum absolute atomic E-state index is 12.5. The van der Waals surface area contributed by atoms with Gasteiger partial charge >= 0.3 is 0 Å². The fourth-order valence-electron chi connectivity index (χ4n) is 2.45. The molecule has 0 fully saturated rings. The van der Waals surface area contributed by atoms with E-state index in [1.807, 2.05) is 32.9 Å². The van der Waals surface area contributed by atoms with E-state index < -0.39 is 5.41 Å². The lowest BCUT2D eigenvalue weighted by atomic mass is 9.81. The maximum Gasteiger partial charge on any atom is 0.227 e. The Morgan fingerprint density at radius 1 is 1.32 bits per heavy atom. The number of nitrogens with two attached hydrogens (primary N) is 1. The van der Waals surface area contributed by atoms with Gasteiger partial charge < -0.3 is 11.1 Å². The molecule has 3 N–H and O–H groups in total. The van der Waals surface area contributed by atoms with E-state index >= 15 is 0 Å². The summed E-state index contributed by atoms with van der Waals surface area (Å²) in [6, 6.07) is 8.14. The van der Waals surface area contributed by atoms with Crippen molar-refractivity contribution in [1.29, 1.82) is 0 Å². The number of amides is 1. The van der Waals surface area contributed by atoms with Gasteiger partial charge in [-0.3, -0.25) is 4.79 Å². The van der Waals surface area contributed by atoms with Gasteiger partial charge in [-0.15, -0.1) is 0 Å². The third-order valence-corrected chi connectivity index (χ3v) is 4.23. The van der Waals surface area contributed by atoms with Crippen molar-refractivity contribution in [2.75, 3.05) is 6.54 Å². The second-order valence-electron chi connectivity index (χ2n) is 5.24. The SMILES string of the molecule is CCC(CC)(CN)C(=O)N[C@@H](C)c1ccccc1C. The molecule has 3 heteroatoms. The molecule has 19 heavy (non-hydrogen) atoms. The third kappa shape index (κ3) is 3.35. The van der Waals surface area contributed by atoms with Crippen molar-refractivity contribution in [3.8, 4) is 0 Å². The van der Waals surface area contributed by atoms with Crippen LogP contribution in [0.1, 0.15) is 50.8 Å². The van der Waals surface area contributed by atoms with E-state index in [0.29, 0.717) is 6.54 Å². The van der Waals surface area contributed by atoms with Crippen molar-refractivity contribution in [3.63, 3.8) is 0 Å². The molecule has 0 bridgehead atoms. The molecule has 0 radical (unpaired) electrons. The second-order valence-corrected chi connectivity index (χ2v) is 5.24. The van der Waals surface area contributed by atoms with E-state index in [2.05, 4.69) is 24.4 Å². The smallest absolute Gasteiger partial charge is 0.227 e. The molecule has 0 saturated carbocycles. The van der Waals surface area contributed by atoms with Gasteiger partial charge in [0.25, 0.3) is 0 Å². The van der Waals surface area contributed by atoms with Crippen molar-refractivity contribution >= 4 is 5.91 Å². The van der Waals surface area contributed by atoms with Crippen LogP contribution in [0.2, 0.25) is 0 Å². The highest BCUT2D eigenvalue weighted by molar-refractivity contribution is 5.83. The Bertz CT molecular complexity index is 416. The monoisotopic (exact) mass is 262 g/mol. The fourth-order valence-corrected chi connectivity index (χ4v) is 2.45. The summed E-state index contributed by atoms with van der Waals surface area (Å²) in [5, 5.41) is 3.11. The zero-order chi connectivity index (χ0) is 14.5. The van der Waals surface area contributed by atoms with Gasteiger partial charge in [0.05, 0.1) is 11.5 Å². The first-order chi connectivity index (χ1) is 9.00. The van der Waals surface area contributed by atoms with Crippen LogP contribution in [0.15, 0.2) is 24.3 Å². The summed E-state index contributed by atoms with van der Waals surface area (Å²) in [6.45, 7) is 8.52. The topological polar surface area (TPSA) is 55.1 Å². The molecule has 0 aliphatic rings. The van der Waals surface area contributed by atoms with E-state index in [0.717, 1.165) is 18.4 Å². The van der Waals surface area contributed by atoms with Crippen molar-refractivity contribution in [2.24, 2.45) is 11.1 Å². The molecule has 3 nitrogen and oxygen atoms in total. The molecular formula is C16H26N2O. The Morgan fingerprint density at radius 3 is 2.37 bits per heavy atom. The van der Waals surface area contributed by atoms with Crippen LogP contribution in [0.5, 0.6) is 0 Å². The normalized spacial score (nSPS) is 13.1. The van der Waals surface area contributed by atoms with Gasteiger partial charge in [0.1, 0.15) is 0 Å². The number of hydrogen-bond acceptors (Lipinski definition) is 2. The standard InChI is InChI=1S/C16H26N2O/c1-5-16(6-2,11-17)15(19)18-13(4)14-10-8-7-9-12(14)3/h7-10,13H,5-6,11,17H2,1-4H3,(H,18,19)/t13-/m0/s1. The average molecular weight is 262 g/mol. The average Bonchev–Trinajstić information content (AvgIpc) is 2.41. The van der Waals surface area contributed by atoms with Gasteiger partial charge in [0.15, 0.2) is 0 Å². The van der Waals surface area contributed by atoms with E-state index in [1.54, 1.807) is 0 Å². The zero-order valence-corrected chi connectivity index (χ0v) is 12.5. The van der Waals surface area contributed by atoms with Crippen LogP contribution >= 0.6 is 0 Å². The third-order valence-electron chi connectivity index (χ3n) is 4.23. The minimum Gasteiger partial charge on any atom is -0.349 e. The summed E-state index contributed by atoms with van der Waals surface area (Å²) in [6.07, 6.45) is 1.54. The minimum atomic E-state index is -0.434. The number of hydrogen-bond donors (Lipinski definition) is 2. The lowest BCUT2D eigenvalue weighted by Crippen LogP contribution is -2.46. The summed E-state index contributed by atoms with van der Waals surface area (Å²) < 4.78 is 0. The Morgan fingerprint density at radius 2 is 1.89 bits per heavy atom. The Kier molecular flexibility index (Phi) is 5.55. The van der Waals surface area contributed by atoms with Crippen molar-refractivity contribution in [2.45, 2.75) is 46.6 Å². The lowest BCUT2D eigenvalue weighted by molar-refractivity contribution is -0.131. The summed E-state index contributed by atoms with van der Waals surface area (Å²) >= 11 is 0. The summed E-state index contributed by atoms with van der Waals surface area (Å²) in [4.78, 5) is 12.5. The molecule has 1 amide bonds. The van der Waals surface area contributed by atoms with Crippen LogP contribution in [-0.4, -0.2) is 12.5 Å². The van der Waals surface area contributed by atoms with Gasteiger partial charge in [0, 0.05) is 6.54 Å². The van der Waals surface area contributed by atoms with Gasteiger partial charge in [-0.05, 0) is 37.8 Å². The van der Waals surface area contributed by atoms with Gasteiger partial charge in [-0.1, -0.05) is 38.1 Å². The Hall–Kier alpha value is -1.35. The number of benzene rings is 1. The van der Waals surface area contributed by atoms with E-state index in [9.17, 15) is 4.79 Å². The second kappa shape index (κ2) is 6.71. The highest BCUT2D eigenvalue weighted by Crippen LogP contribution is 2.27. The molecule has 0 unspecified atom stereocenters. The van der Waals surface area contributed by atoms with E-state index in [1.165, 1.54) is 5.56 Å². The van der Waals surface area contributed by atoms with E-state index in [-0.39, 0.29) is 11.9 Å². The molecule has 1 aromatic rings. The van der Waals surface area contributed by atoms with Crippen molar-refractivity contribution in [3.05, 3.63) is 35.4 Å². The molecule has 0 aliphatic carbocycles. The number of carbonyl (C=O) groups is 1. The Labute approximate surface area is 116 Å². The first-order valence-electron chi connectivity index (χ1n) is 7.07. The van der Waals surface area contributed by atoms with Crippen LogP contribution in [-0.2, 0) is 4.79 Å². The maximum atomic E-state index is 12.5. The highest BCUT2D eigenvalue weighted by Gasteiger charge is 2.34. The molecule has 1 aromatic carbocycles. The molecule has 0 aromatic heterocycles. The minimum absolute atomic E-state index is 0.0118. The van der Waals surface area contributed by atoms with Crippen LogP contribution in [0.25, 0.3) is 0 Å². The van der Waals surface area contributed by atoms with Crippen LogP contribution in [0.3, 0.4) is 0 Å². The number of nitrogens with one attached hydrogen (secondary N) is 1. The largest absolute Gasteiger partial charge is 0.349 e. The van der Waals surface area contributed by atoms with Crippen LogP contribution in [0.4, 0.5) is 0 Å². The summed E-state index contributed by atoms with van der Waals surface area (Å²) in [5.74, 6) is 0.0655. The van der Waals surface area contributed by atoms with Crippen molar-refractivity contribution in [1.82, 2.24) is 5.32 Å². The molecule has 0 saturated heterocycles. The fraction of sp³-hybridized carbons (Fsp3) is 0.562. The van der Waals surface area contributed by atoms with Gasteiger partial charge in [0.2, 0.25) is 5.91 Å². The van der Waals surface area contributed by atoms with Crippen molar-refractivity contribution < 1.29 is 4.79 Å². The number of aryl methyl sites for hydroxylation is 1. The first-order valence-corrected chi connectivity index (χ1v) is 7.07. The van der Waals surface area contributed by atoms with Crippen LogP contribution < -0.4 is 11.1 Å². The van der Waals surface area contributed by atoms with Gasteiger partial charge in [-0.2, -0.15) is 0 Å². The molecular weight excluding hydrogens is 236 g/mol. The molecule has 106 valence electrons. The number of carbonyl (C=O) groups excluding carboxylic acids is 1. The predicted octanol–water partition coefficient (Wildman–Crippen LogP) is 2.94. The highest BCUT2D eigenvalue weighted by atomic mass is 16.2. The molecule has 0 heterocycles. The lowest BCUT2D eigenvalue weighted by Gasteiger charge is -2.30. The molecule has 0 spiro atoms. The van der Waals surface area contributed by atoms with Crippen LogP contribution in [0, 0.1) is 12.3 Å². The molecule has 1 atom stereocenters. The summed E-state index contributed by atoms with van der Waals surface area (Å²) in [5.41, 5.74) is 7.74. The van der Waals surface area contributed by atoms with Gasteiger partial charge in [-0.25, -0.2) is 0 Å². The quantitative estimate of drug-likeness (QED) is 0.828.